The maximum absolute atomic E-state index is 12.1. The summed E-state index contributed by atoms with van der Waals surface area (Å²) >= 11 is 0. The Bertz CT molecular complexity index is 756. The van der Waals surface area contributed by atoms with Gasteiger partial charge in [-0.1, -0.05) is 0 Å². The molecule has 6 heteroatoms. The molecule has 1 aliphatic rings. The zero-order valence-electron chi connectivity index (χ0n) is 11.0. The van der Waals surface area contributed by atoms with Crippen LogP contribution in [0.1, 0.15) is 18.4 Å². The van der Waals surface area contributed by atoms with Gasteiger partial charge in [0, 0.05) is 32.9 Å². The highest BCUT2D eigenvalue weighted by Crippen LogP contribution is 2.19. The Balaban J connectivity index is 2.11. The molecule has 2 aromatic heterocycles. The van der Waals surface area contributed by atoms with Crippen LogP contribution in [0, 0.1) is 0 Å². The van der Waals surface area contributed by atoms with Crippen LogP contribution >= 0.6 is 0 Å². The maximum Gasteiger partial charge on any atom is 0.332 e. The van der Waals surface area contributed by atoms with Gasteiger partial charge in [-0.2, -0.15) is 0 Å². The van der Waals surface area contributed by atoms with Crippen molar-refractivity contribution >= 4 is 11.0 Å². The van der Waals surface area contributed by atoms with Gasteiger partial charge < -0.3 is 5.32 Å². The predicted octanol–water partition coefficient (Wildman–Crippen LogP) is -0.116. The van der Waals surface area contributed by atoms with E-state index in [0.717, 1.165) is 10.1 Å². The van der Waals surface area contributed by atoms with E-state index in [4.69, 9.17) is 0 Å². The van der Waals surface area contributed by atoms with E-state index < -0.39 is 0 Å². The van der Waals surface area contributed by atoms with E-state index in [0.29, 0.717) is 23.6 Å². The van der Waals surface area contributed by atoms with Crippen LogP contribution in [0.2, 0.25) is 0 Å². The Morgan fingerprint density at radius 1 is 1.32 bits per heavy atom. The minimum atomic E-state index is -0.353. The van der Waals surface area contributed by atoms with Crippen LogP contribution in [0.15, 0.2) is 21.9 Å². The Kier molecular flexibility index (Phi) is 2.74. The quantitative estimate of drug-likeness (QED) is 0.835. The molecule has 2 heterocycles. The summed E-state index contributed by atoms with van der Waals surface area (Å²) in [6.07, 6.45) is 4.16. The fourth-order valence-corrected chi connectivity index (χ4v) is 2.15. The Morgan fingerprint density at radius 3 is 2.74 bits per heavy atom. The normalized spacial score (nSPS) is 15.1. The zero-order valence-corrected chi connectivity index (χ0v) is 11.0. The molecule has 1 fully saturated rings. The highest BCUT2D eigenvalue weighted by Gasteiger charge is 2.20. The van der Waals surface area contributed by atoms with Gasteiger partial charge in [0.2, 0.25) is 0 Å². The first-order chi connectivity index (χ1) is 9.08. The molecule has 1 N–H and O–H groups in total. The van der Waals surface area contributed by atoms with Crippen molar-refractivity contribution in [3.05, 3.63) is 38.7 Å². The van der Waals surface area contributed by atoms with Crippen LogP contribution in [0.3, 0.4) is 0 Å². The van der Waals surface area contributed by atoms with Crippen molar-refractivity contribution in [3.63, 3.8) is 0 Å². The second kappa shape index (κ2) is 4.31. The fraction of sp³-hybridized carbons (Fsp3) is 0.462. The third-order valence-corrected chi connectivity index (χ3v) is 3.52. The molecule has 0 aliphatic heterocycles. The van der Waals surface area contributed by atoms with E-state index >= 15 is 0 Å². The number of aromatic nitrogens is 3. The van der Waals surface area contributed by atoms with Crippen LogP contribution < -0.4 is 16.6 Å². The minimum Gasteiger partial charge on any atom is -0.310 e. The summed E-state index contributed by atoms with van der Waals surface area (Å²) < 4.78 is 2.51. The van der Waals surface area contributed by atoms with E-state index in [-0.39, 0.29) is 11.2 Å². The molecule has 0 spiro atoms. The average molecular weight is 260 g/mol. The van der Waals surface area contributed by atoms with Gasteiger partial charge in [-0.25, -0.2) is 9.78 Å². The van der Waals surface area contributed by atoms with Crippen molar-refractivity contribution in [2.24, 2.45) is 14.1 Å². The Morgan fingerprint density at radius 2 is 2.05 bits per heavy atom. The number of aryl methyl sites for hydroxylation is 1. The number of nitrogens with zero attached hydrogens (tertiary/aromatic N) is 3. The van der Waals surface area contributed by atoms with Gasteiger partial charge in [0.1, 0.15) is 5.65 Å². The molecular weight excluding hydrogens is 244 g/mol. The molecular formula is C13H16N4O2. The molecule has 100 valence electrons. The zero-order chi connectivity index (χ0) is 13.6. The summed E-state index contributed by atoms with van der Waals surface area (Å²) in [5.41, 5.74) is 0.756. The monoisotopic (exact) mass is 260 g/mol. The third kappa shape index (κ3) is 2.08. The molecule has 3 rings (SSSR count). The highest BCUT2D eigenvalue weighted by molar-refractivity contribution is 5.74. The molecule has 0 bridgehead atoms. The Labute approximate surface area is 109 Å². The predicted molar refractivity (Wildman–Crippen MR) is 72.1 cm³/mol. The van der Waals surface area contributed by atoms with E-state index in [1.807, 2.05) is 6.07 Å². The van der Waals surface area contributed by atoms with E-state index in [9.17, 15) is 9.59 Å². The first-order valence-corrected chi connectivity index (χ1v) is 6.36. The van der Waals surface area contributed by atoms with Gasteiger partial charge in [0.05, 0.1) is 5.39 Å². The van der Waals surface area contributed by atoms with Gasteiger partial charge in [-0.3, -0.25) is 13.9 Å². The first kappa shape index (κ1) is 12.1. The van der Waals surface area contributed by atoms with E-state index in [2.05, 4.69) is 10.3 Å². The molecule has 19 heavy (non-hydrogen) atoms. The van der Waals surface area contributed by atoms with Crippen molar-refractivity contribution in [2.45, 2.75) is 25.4 Å². The Hall–Kier alpha value is -1.95. The minimum absolute atomic E-state index is 0.293. The lowest BCUT2D eigenvalue weighted by Crippen LogP contribution is -2.37. The number of fused-ring (bicyclic) bond motifs is 1. The van der Waals surface area contributed by atoms with Crippen LogP contribution in [-0.4, -0.2) is 20.2 Å². The molecule has 2 aromatic rings. The van der Waals surface area contributed by atoms with Gasteiger partial charge >= 0.3 is 5.69 Å². The maximum atomic E-state index is 12.1. The van der Waals surface area contributed by atoms with Crippen LogP contribution in [0.25, 0.3) is 11.0 Å². The summed E-state index contributed by atoms with van der Waals surface area (Å²) in [5, 5.41) is 3.87. The molecule has 0 amide bonds. The SMILES string of the molecule is Cn1c(=O)c2cc(CNC3CC3)cnc2n(C)c1=O. The molecule has 1 aliphatic carbocycles. The van der Waals surface area contributed by atoms with Crippen molar-refractivity contribution in [1.29, 1.82) is 0 Å². The summed E-state index contributed by atoms with van der Waals surface area (Å²) in [6, 6.07) is 2.43. The second-order valence-electron chi connectivity index (χ2n) is 5.08. The van der Waals surface area contributed by atoms with Crippen molar-refractivity contribution in [2.75, 3.05) is 0 Å². The molecule has 0 atom stereocenters. The van der Waals surface area contributed by atoms with Gasteiger partial charge in [-0.15, -0.1) is 0 Å². The number of pyridine rings is 1. The van der Waals surface area contributed by atoms with Crippen molar-refractivity contribution in [1.82, 2.24) is 19.4 Å². The van der Waals surface area contributed by atoms with Crippen molar-refractivity contribution in [3.8, 4) is 0 Å². The summed E-state index contributed by atoms with van der Waals surface area (Å²) in [6.45, 7) is 0.708. The molecule has 1 saturated carbocycles. The largest absolute Gasteiger partial charge is 0.332 e. The second-order valence-corrected chi connectivity index (χ2v) is 5.08. The summed E-state index contributed by atoms with van der Waals surface area (Å²) in [7, 11) is 3.11. The number of nitrogens with one attached hydrogen (secondary N) is 1. The van der Waals surface area contributed by atoms with Crippen LogP contribution in [0.5, 0.6) is 0 Å². The topological polar surface area (TPSA) is 68.9 Å². The molecule has 0 aromatic carbocycles. The van der Waals surface area contributed by atoms with Crippen molar-refractivity contribution < 1.29 is 0 Å². The third-order valence-electron chi connectivity index (χ3n) is 3.52. The first-order valence-electron chi connectivity index (χ1n) is 6.36. The van der Waals surface area contributed by atoms with Crippen LogP contribution in [0.4, 0.5) is 0 Å². The summed E-state index contributed by atoms with van der Waals surface area (Å²) in [4.78, 5) is 28.1. The van der Waals surface area contributed by atoms with Gasteiger partial charge in [0.25, 0.3) is 5.56 Å². The smallest absolute Gasteiger partial charge is 0.310 e. The number of rotatable bonds is 3. The molecule has 0 unspecified atom stereocenters. The van der Waals surface area contributed by atoms with Crippen LogP contribution in [-0.2, 0) is 20.6 Å². The lowest BCUT2D eigenvalue weighted by molar-refractivity contribution is 0.683. The molecule has 0 radical (unpaired) electrons. The number of hydrogen-bond donors (Lipinski definition) is 1. The highest BCUT2D eigenvalue weighted by atomic mass is 16.2. The summed E-state index contributed by atoms with van der Waals surface area (Å²) in [5.74, 6) is 0. The lowest BCUT2D eigenvalue weighted by atomic mass is 10.2. The number of hydrogen-bond acceptors (Lipinski definition) is 4. The van der Waals surface area contributed by atoms with E-state index in [1.165, 1.54) is 24.5 Å². The lowest BCUT2D eigenvalue weighted by Gasteiger charge is -2.08. The fourth-order valence-electron chi connectivity index (χ4n) is 2.15. The molecule has 6 nitrogen and oxygen atoms in total. The average Bonchev–Trinajstić information content (AvgIpc) is 3.24. The van der Waals surface area contributed by atoms with Gasteiger partial charge in [-0.05, 0) is 24.5 Å². The molecule has 0 saturated heterocycles. The van der Waals surface area contributed by atoms with Gasteiger partial charge in [0.15, 0.2) is 0 Å². The standard InChI is InChI=1S/C13H16N4O2/c1-16-11-10(12(18)17(2)13(16)19)5-8(7-15-11)6-14-9-3-4-9/h5,7,9,14H,3-4,6H2,1-2H3. The van der Waals surface area contributed by atoms with E-state index in [1.54, 1.807) is 13.2 Å².